The van der Waals surface area contributed by atoms with Crippen molar-refractivity contribution in [1.29, 1.82) is 0 Å². The van der Waals surface area contributed by atoms with Gasteiger partial charge in [-0.05, 0) is 18.8 Å². The summed E-state index contributed by atoms with van der Waals surface area (Å²) < 4.78 is 4.97. The number of rotatable bonds is 6. The van der Waals surface area contributed by atoms with Crippen LogP contribution in [-0.2, 0) is 9.53 Å². The van der Waals surface area contributed by atoms with E-state index in [0.717, 1.165) is 6.42 Å². The topological polar surface area (TPSA) is 78.3 Å². The number of carbonyl (C=O) groups excluding carboxylic acids is 1. The van der Waals surface area contributed by atoms with Crippen LogP contribution >= 0.6 is 0 Å². The second kappa shape index (κ2) is 6.79. The first-order chi connectivity index (χ1) is 6.47. The molecule has 0 unspecified atom stereocenters. The molecule has 0 saturated carbocycles. The smallest absolute Gasteiger partial charge is 0.322 e. The van der Waals surface area contributed by atoms with Crippen LogP contribution in [0.4, 0.5) is 0 Å². The first kappa shape index (κ1) is 13.4. The van der Waals surface area contributed by atoms with Crippen molar-refractivity contribution in [1.82, 2.24) is 0 Å². The number of nitrogens with two attached hydrogens (primary N) is 2. The predicted octanol–water partition coefficient (Wildman–Crippen LogP) is 0.640. The maximum Gasteiger partial charge on any atom is 0.322 e. The maximum atomic E-state index is 11.3. The van der Waals surface area contributed by atoms with E-state index in [-0.39, 0.29) is 18.6 Å². The zero-order valence-electron chi connectivity index (χ0n) is 9.32. The fraction of sp³-hybridized carbons (Fsp3) is 0.900. The van der Waals surface area contributed by atoms with Gasteiger partial charge < -0.3 is 16.2 Å². The van der Waals surface area contributed by atoms with Gasteiger partial charge in [-0.25, -0.2) is 0 Å². The highest BCUT2D eigenvalue weighted by molar-refractivity contribution is 5.75. The lowest BCUT2D eigenvalue weighted by Crippen LogP contribution is -2.36. The van der Waals surface area contributed by atoms with E-state index in [0.29, 0.717) is 12.3 Å². The molecule has 0 aromatic rings. The standard InChI is InChI=1S/C10H22N2O2/c1-4-8(11)6-14-10(13)9(12)5-7(2)3/h7-9H,4-6,11-12H2,1-3H3/t8-,9+/m1/s1. The zero-order chi connectivity index (χ0) is 11.1. The van der Waals surface area contributed by atoms with Gasteiger partial charge in [0.1, 0.15) is 12.6 Å². The Morgan fingerprint density at radius 3 is 2.36 bits per heavy atom. The number of hydrogen-bond donors (Lipinski definition) is 2. The van der Waals surface area contributed by atoms with E-state index in [1.807, 2.05) is 20.8 Å². The highest BCUT2D eigenvalue weighted by atomic mass is 16.5. The largest absolute Gasteiger partial charge is 0.463 e. The van der Waals surface area contributed by atoms with E-state index in [1.54, 1.807) is 0 Å². The number of ether oxygens (including phenoxy) is 1. The van der Waals surface area contributed by atoms with Crippen molar-refractivity contribution in [3.63, 3.8) is 0 Å². The first-order valence-corrected chi connectivity index (χ1v) is 5.15. The van der Waals surface area contributed by atoms with Crippen LogP contribution in [0.25, 0.3) is 0 Å². The molecule has 0 radical (unpaired) electrons. The molecule has 4 N–H and O–H groups in total. The molecule has 0 saturated heterocycles. The molecular formula is C10H22N2O2. The highest BCUT2D eigenvalue weighted by Gasteiger charge is 2.16. The minimum absolute atomic E-state index is 0.0785. The van der Waals surface area contributed by atoms with Crippen LogP contribution in [0.3, 0.4) is 0 Å². The molecule has 4 heteroatoms. The van der Waals surface area contributed by atoms with Gasteiger partial charge in [0, 0.05) is 6.04 Å². The number of carbonyl (C=O) groups is 1. The average Bonchev–Trinajstić information content (AvgIpc) is 2.12. The van der Waals surface area contributed by atoms with Crippen molar-refractivity contribution in [2.24, 2.45) is 17.4 Å². The van der Waals surface area contributed by atoms with Crippen molar-refractivity contribution in [2.75, 3.05) is 6.61 Å². The van der Waals surface area contributed by atoms with Gasteiger partial charge >= 0.3 is 5.97 Å². The first-order valence-electron chi connectivity index (χ1n) is 5.15. The van der Waals surface area contributed by atoms with Crippen LogP contribution in [0.2, 0.25) is 0 Å². The molecule has 0 aliphatic heterocycles. The van der Waals surface area contributed by atoms with Crippen LogP contribution in [-0.4, -0.2) is 24.7 Å². The lowest BCUT2D eigenvalue weighted by Gasteiger charge is -2.15. The monoisotopic (exact) mass is 202 g/mol. The third-order valence-corrected chi connectivity index (χ3v) is 1.99. The summed E-state index contributed by atoms with van der Waals surface area (Å²) in [6.45, 7) is 6.25. The molecule has 4 nitrogen and oxygen atoms in total. The zero-order valence-corrected chi connectivity index (χ0v) is 9.32. The van der Waals surface area contributed by atoms with Gasteiger partial charge in [-0.3, -0.25) is 4.79 Å². The van der Waals surface area contributed by atoms with Crippen LogP contribution < -0.4 is 11.5 Å². The number of esters is 1. The van der Waals surface area contributed by atoms with Gasteiger partial charge in [0.15, 0.2) is 0 Å². The second-order valence-corrected chi connectivity index (χ2v) is 4.03. The summed E-state index contributed by atoms with van der Waals surface area (Å²) in [4.78, 5) is 11.3. The minimum Gasteiger partial charge on any atom is -0.463 e. The fourth-order valence-corrected chi connectivity index (χ4v) is 1.02. The Labute approximate surface area is 86.0 Å². The summed E-state index contributed by atoms with van der Waals surface area (Å²) in [5.74, 6) is 0.0556. The highest BCUT2D eigenvalue weighted by Crippen LogP contribution is 2.04. The molecule has 0 bridgehead atoms. The van der Waals surface area contributed by atoms with E-state index in [4.69, 9.17) is 16.2 Å². The minimum atomic E-state index is -0.515. The summed E-state index contributed by atoms with van der Waals surface area (Å²) in [6, 6.07) is -0.593. The molecule has 0 heterocycles. The Balaban J connectivity index is 3.73. The normalized spacial score (nSPS) is 15.3. The van der Waals surface area contributed by atoms with Crippen LogP contribution in [0, 0.1) is 5.92 Å². The van der Waals surface area contributed by atoms with Crippen LogP contribution in [0.5, 0.6) is 0 Å². The third kappa shape index (κ3) is 5.94. The lowest BCUT2D eigenvalue weighted by molar-refractivity contribution is -0.146. The Morgan fingerprint density at radius 2 is 1.93 bits per heavy atom. The van der Waals surface area contributed by atoms with Crippen molar-refractivity contribution in [3.05, 3.63) is 0 Å². The van der Waals surface area contributed by atoms with Crippen molar-refractivity contribution in [3.8, 4) is 0 Å². The lowest BCUT2D eigenvalue weighted by atomic mass is 10.1. The van der Waals surface area contributed by atoms with Crippen molar-refractivity contribution in [2.45, 2.75) is 45.7 Å². The third-order valence-electron chi connectivity index (χ3n) is 1.99. The maximum absolute atomic E-state index is 11.3. The van der Waals surface area contributed by atoms with Gasteiger partial charge in [-0.15, -0.1) is 0 Å². The van der Waals surface area contributed by atoms with Crippen molar-refractivity contribution >= 4 is 5.97 Å². The Kier molecular flexibility index (Phi) is 6.49. The van der Waals surface area contributed by atoms with E-state index >= 15 is 0 Å². The Bertz CT molecular complexity index is 172. The molecule has 84 valence electrons. The fourth-order valence-electron chi connectivity index (χ4n) is 1.02. The summed E-state index contributed by atoms with van der Waals surface area (Å²) in [6.07, 6.45) is 1.45. The average molecular weight is 202 g/mol. The molecule has 0 rings (SSSR count). The quantitative estimate of drug-likeness (QED) is 0.620. The molecular weight excluding hydrogens is 180 g/mol. The molecule has 0 amide bonds. The summed E-state index contributed by atoms with van der Waals surface area (Å²) >= 11 is 0. The van der Waals surface area contributed by atoms with E-state index < -0.39 is 6.04 Å². The SMILES string of the molecule is CC[C@@H](N)COC(=O)[C@@H](N)CC(C)C. The van der Waals surface area contributed by atoms with Gasteiger partial charge in [-0.1, -0.05) is 20.8 Å². The summed E-state index contributed by atoms with van der Waals surface area (Å²) in [5.41, 5.74) is 11.2. The molecule has 0 spiro atoms. The van der Waals surface area contributed by atoms with Gasteiger partial charge in [0.2, 0.25) is 0 Å². The van der Waals surface area contributed by atoms with Crippen LogP contribution in [0.15, 0.2) is 0 Å². The summed E-state index contributed by atoms with van der Waals surface area (Å²) in [7, 11) is 0. The Morgan fingerprint density at radius 1 is 1.36 bits per heavy atom. The molecule has 0 aliphatic rings. The van der Waals surface area contributed by atoms with Crippen LogP contribution in [0.1, 0.15) is 33.6 Å². The molecule has 14 heavy (non-hydrogen) atoms. The Hall–Kier alpha value is -0.610. The van der Waals surface area contributed by atoms with Gasteiger partial charge in [-0.2, -0.15) is 0 Å². The van der Waals surface area contributed by atoms with E-state index in [9.17, 15) is 4.79 Å². The van der Waals surface area contributed by atoms with Crippen molar-refractivity contribution < 1.29 is 9.53 Å². The summed E-state index contributed by atoms with van der Waals surface area (Å²) in [5, 5.41) is 0. The number of hydrogen-bond acceptors (Lipinski definition) is 4. The molecule has 0 aromatic carbocycles. The molecule has 2 atom stereocenters. The van der Waals surface area contributed by atoms with E-state index in [2.05, 4.69) is 0 Å². The second-order valence-electron chi connectivity index (χ2n) is 4.03. The van der Waals surface area contributed by atoms with E-state index in [1.165, 1.54) is 0 Å². The van der Waals surface area contributed by atoms with Gasteiger partial charge in [0.05, 0.1) is 0 Å². The molecule has 0 aromatic heterocycles. The molecule has 0 fully saturated rings. The van der Waals surface area contributed by atoms with Gasteiger partial charge in [0.25, 0.3) is 0 Å². The molecule has 0 aliphatic carbocycles. The predicted molar refractivity (Wildman–Crippen MR) is 56.7 cm³/mol.